The molecule has 3 aromatic rings. The first kappa shape index (κ1) is 16.6. The largest absolute Gasteiger partial charge is 0.496 e. The van der Waals surface area contributed by atoms with E-state index in [0.717, 1.165) is 24.4 Å². The Morgan fingerprint density at radius 3 is 2.75 bits per heavy atom. The number of benzene rings is 1. The number of rotatable bonds is 8. The van der Waals surface area contributed by atoms with E-state index in [2.05, 4.69) is 38.6 Å². The van der Waals surface area contributed by atoms with Gasteiger partial charge >= 0.3 is 0 Å². The molecular weight excluding hydrogens is 324 g/mol. The Morgan fingerprint density at radius 2 is 2.04 bits per heavy atom. The maximum atomic E-state index is 5.54. The Balaban J connectivity index is 1.78. The van der Waals surface area contributed by atoms with Gasteiger partial charge in [0.05, 0.1) is 20.2 Å². The summed E-state index contributed by atoms with van der Waals surface area (Å²) < 4.78 is 10.6. The van der Waals surface area contributed by atoms with Gasteiger partial charge in [0, 0.05) is 23.5 Å². The highest BCUT2D eigenvalue weighted by Gasteiger charge is 2.15. The fourth-order valence-corrected chi connectivity index (χ4v) is 3.25. The van der Waals surface area contributed by atoms with Crippen molar-refractivity contribution in [2.45, 2.75) is 26.2 Å². The average molecular weight is 344 g/mol. The number of hydrogen-bond acceptors (Lipinski definition) is 7. The van der Waals surface area contributed by atoms with Crippen molar-refractivity contribution in [2.75, 3.05) is 7.11 Å². The predicted molar refractivity (Wildman–Crippen MR) is 92.5 cm³/mol. The highest BCUT2D eigenvalue weighted by Crippen LogP contribution is 2.22. The van der Waals surface area contributed by atoms with Crippen LogP contribution in [0.15, 0.2) is 46.3 Å². The fourth-order valence-electron chi connectivity index (χ4n) is 2.50. The minimum atomic E-state index is 0.254. The number of methoxy groups -OCH3 is 1. The second kappa shape index (κ2) is 8.05. The van der Waals surface area contributed by atoms with Crippen molar-refractivity contribution in [3.05, 3.63) is 63.9 Å². The second-order valence-electron chi connectivity index (χ2n) is 5.34. The maximum Gasteiger partial charge on any atom is 0.240 e. The van der Waals surface area contributed by atoms with E-state index in [1.807, 2.05) is 18.2 Å². The molecule has 2 N–H and O–H groups in total. The molecule has 0 aliphatic rings. The normalized spacial score (nSPS) is 11.1. The van der Waals surface area contributed by atoms with Crippen LogP contribution in [0, 0.1) is 0 Å². The molecule has 24 heavy (non-hydrogen) atoms. The summed E-state index contributed by atoms with van der Waals surface area (Å²) in [5, 5.41) is 6.09. The summed E-state index contributed by atoms with van der Waals surface area (Å²) in [5.41, 5.74) is 6.66. The van der Waals surface area contributed by atoms with Gasteiger partial charge in [-0.2, -0.15) is 4.98 Å². The molecule has 2 heterocycles. The minimum Gasteiger partial charge on any atom is -0.496 e. The van der Waals surface area contributed by atoms with Gasteiger partial charge in [-0.05, 0) is 17.5 Å². The molecule has 1 aromatic carbocycles. The first-order chi connectivity index (χ1) is 11.8. The summed E-state index contributed by atoms with van der Waals surface area (Å²) >= 11 is 1.73. The molecule has 2 aromatic heterocycles. The van der Waals surface area contributed by atoms with Crippen LogP contribution in [0.3, 0.4) is 0 Å². The molecule has 7 heteroatoms. The van der Waals surface area contributed by atoms with Crippen LogP contribution in [0.2, 0.25) is 0 Å². The van der Waals surface area contributed by atoms with E-state index in [-0.39, 0.29) is 6.54 Å². The Hall–Kier alpha value is -2.22. The van der Waals surface area contributed by atoms with Gasteiger partial charge in [0.1, 0.15) is 5.75 Å². The summed E-state index contributed by atoms with van der Waals surface area (Å²) in [5.74, 6) is 1.98. The van der Waals surface area contributed by atoms with E-state index in [1.54, 1.807) is 18.4 Å². The van der Waals surface area contributed by atoms with Gasteiger partial charge in [0.15, 0.2) is 5.82 Å². The van der Waals surface area contributed by atoms with Gasteiger partial charge in [-0.1, -0.05) is 29.4 Å². The Labute approximate surface area is 144 Å². The lowest BCUT2D eigenvalue weighted by Gasteiger charge is -2.21. The van der Waals surface area contributed by atoms with Crippen LogP contribution < -0.4 is 10.5 Å². The summed E-state index contributed by atoms with van der Waals surface area (Å²) in [6.45, 7) is 2.38. The number of hydrogen-bond donors (Lipinski definition) is 1. The van der Waals surface area contributed by atoms with Crippen molar-refractivity contribution in [3.8, 4) is 5.75 Å². The predicted octanol–water partition coefficient (Wildman–Crippen LogP) is 2.80. The fraction of sp³-hybridized carbons (Fsp3) is 0.294. The molecule has 0 bridgehead atoms. The van der Waals surface area contributed by atoms with Crippen molar-refractivity contribution >= 4 is 11.3 Å². The molecule has 0 radical (unpaired) electrons. The van der Waals surface area contributed by atoms with E-state index >= 15 is 0 Å². The Morgan fingerprint density at radius 1 is 1.17 bits per heavy atom. The molecule has 0 atom stereocenters. The second-order valence-corrected chi connectivity index (χ2v) is 6.38. The van der Waals surface area contributed by atoms with E-state index in [1.165, 1.54) is 4.88 Å². The van der Waals surface area contributed by atoms with Crippen LogP contribution in [-0.2, 0) is 26.2 Å². The maximum absolute atomic E-state index is 5.54. The summed E-state index contributed by atoms with van der Waals surface area (Å²) in [6.07, 6.45) is 0. The third kappa shape index (κ3) is 4.19. The van der Waals surface area contributed by atoms with Crippen LogP contribution in [0.5, 0.6) is 5.75 Å². The van der Waals surface area contributed by atoms with Gasteiger partial charge < -0.3 is 15.0 Å². The van der Waals surface area contributed by atoms with Crippen LogP contribution in [-0.4, -0.2) is 22.2 Å². The molecule has 126 valence electrons. The number of ether oxygens (including phenoxy) is 1. The lowest BCUT2D eigenvalue weighted by Crippen LogP contribution is -2.23. The Kier molecular flexibility index (Phi) is 5.58. The standard InChI is InChI=1S/C17H20N4O2S/c1-22-15-7-3-2-5-13(15)10-21(11-14-6-4-8-24-14)12-16-19-17(9-18)23-20-16/h2-8H,9-12,18H2,1H3. The number of nitrogens with two attached hydrogens (primary N) is 1. The van der Waals surface area contributed by atoms with Gasteiger partial charge in [-0.15, -0.1) is 11.3 Å². The van der Waals surface area contributed by atoms with Crippen LogP contribution in [0.25, 0.3) is 0 Å². The molecule has 6 nitrogen and oxygen atoms in total. The molecule has 0 fully saturated rings. The molecule has 0 aliphatic heterocycles. The van der Waals surface area contributed by atoms with Crippen molar-refractivity contribution in [2.24, 2.45) is 5.73 Å². The van der Waals surface area contributed by atoms with Gasteiger partial charge in [-0.3, -0.25) is 4.90 Å². The summed E-state index contributed by atoms with van der Waals surface area (Å²) in [6, 6.07) is 12.2. The van der Waals surface area contributed by atoms with E-state index in [0.29, 0.717) is 18.3 Å². The zero-order valence-electron chi connectivity index (χ0n) is 13.5. The molecule has 0 saturated heterocycles. The van der Waals surface area contributed by atoms with Gasteiger partial charge in [0.2, 0.25) is 5.89 Å². The smallest absolute Gasteiger partial charge is 0.240 e. The van der Waals surface area contributed by atoms with E-state index in [4.69, 9.17) is 15.0 Å². The third-order valence-corrected chi connectivity index (χ3v) is 4.46. The zero-order chi connectivity index (χ0) is 16.8. The number of aromatic nitrogens is 2. The van der Waals surface area contributed by atoms with Crippen molar-refractivity contribution in [1.82, 2.24) is 15.0 Å². The average Bonchev–Trinajstić information content (AvgIpc) is 3.27. The number of nitrogens with zero attached hydrogens (tertiary/aromatic N) is 3. The Bertz CT molecular complexity index is 758. The zero-order valence-corrected chi connectivity index (χ0v) is 14.3. The van der Waals surface area contributed by atoms with Gasteiger partial charge in [-0.25, -0.2) is 0 Å². The molecular formula is C17H20N4O2S. The lowest BCUT2D eigenvalue weighted by atomic mass is 10.2. The quantitative estimate of drug-likeness (QED) is 0.677. The lowest BCUT2D eigenvalue weighted by molar-refractivity contribution is 0.235. The molecule has 0 spiro atoms. The van der Waals surface area contributed by atoms with Crippen molar-refractivity contribution in [1.29, 1.82) is 0 Å². The van der Waals surface area contributed by atoms with Crippen LogP contribution >= 0.6 is 11.3 Å². The summed E-state index contributed by atoms with van der Waals surface area (Å²) in [4.78, 5) is 7.85. The van der Waals surface area contributed by atoms with Crippen molar-refractivity contribution in [3.63, 3.8) is 0 Å². The number of thiophene rings is 1. The number of para-hydroxylation sites is 1. The van der Waals surface area contributed by atoms with Crippen molar-refractivity contribution < 1.29 is 9.26 Å². The van der Waals surface area contributed by atoms with E-state index < -0.39 is 0 Å². The first-order valence-electron chi connectivity index (χ1n) is 7.66. The van der Waals surface area contributed by atoms with Crippen LogP contribution in [0.1, 0.15) is 22.2 Å². The summed E-state index contributed by atoms with van der Waals surface area (Å²) in [7, 11) is 1.69. The minimum absolute atomic E-state index is 0.254. The molecule has 0 unspecified atom stereocenters. The van der Waals surface area contributed by atoms with E-state index in [9.17, 15) is 0 Å². The van der Waals surface area contributed by atoms with Crippen LogP contribution in [0.4, 0.5) is 0 Å². The highest BCUT2D eigenvalue weighted by atomic mass is 32.1. The topological polar surface area (TPSA) is 77.4 Å². The molecule has 0 aliphatic carbocycles. The molecule has 0 saturated carbocycles. The molecule has 0 amide bonds. The SMILES string of the molecule is COc1ccccc1CN(Cc1noc(CN)n1)Cc1cccs1. The monoisotopic (exact) mass is 344 g/mol. The highest BCUT2D eigenvalue weighted by molar-refractivity contribution is 7.09. The first-order valence-corrected chi connectivity index (χ1v) is 8.54. The molecule has 3 rings (SSSR count). The third-order valence-electron chi connectivity index (χ3n) is 3.60. The van der Waals surface area contributed by atoms with Gasteiger partial charge in [0.25, 0.3) is 0 Å².